The van der Waals surface area contributed by atoms with Crippen LogP contribution in [-0.2, 0) is 25.6 Å². The van der Waals surface area contributed by atoms with Gasteiger partial charge in [-0.2, -0.15) is 14.4 Å². The van der Waals surface area contributed by atoms with E-state index in [1.54, 1.807) is 18.0 Å². The number of anilines is 1. The monoisotopic (exact) mass is 517 g/mol. The fraction of sp³-hybridized carbons (Fsp3) is 0.741. The van der Waals surface area contributed by atoms with Gasteiger partial charge in [0, 0.05) is 20.1 Å². The van der Waals surface area contributed by atoms with E-state index in [-0.39, 0.29) is 35.8 Å². The number of imidazole rings is 1. The maximum Gasteiger partial charge on any atom is 0.312 e. The molecule has 0 aliphatic heterocycles. The number of nitrogens with zero attached hydrogens (tertiary/aromatic N) is 4. The molecule has 204 valence electrons. The quantitative estimate of drug-likeness (QED) is 0.209. The Bertz CT molecular complexity index is 1050. The van der Waals surface area contributed by atoms with Crippen LogP contribution in [0.15, 0.2) is 6.33 Å². The number of halogens is 1. The fourth-order valence-corrected chi connectivity index (χ4v) is 5.68. The van der Waals surface area contributed by atoms with Gasteiger partial charge in [-0.05, 0) is 57.3 Å². The number of esters is 1. The third kappa shape index (κ3) is 6.83. The molecule has 3 fully saturated rings. The van der Waals surface area contributed by atoms with E-state index in [9.17, 15) is 14.0 Å². The number of carbonyl (C=O) groups is 2. The van der Waals surface area contributed by atoms with Crippen molar-refractivity contribution in [2.45, 2.75) is 103 Å². The molecular weight excluding hydrogens is 477 g/mol. The number of nitrogens with one attached hydrogen (secondary N) is 1. The minimum Gasteiger partial charge on any atom is -0.463 e. The number of amides is 1. The van der Waals surface area contributed by atoms with Crippen LogP contribution in [0.2, 0.25) is 0 Å². The molecule has 1 unspecified atom stereocenters. The summed E-state index contributed by atoms with van der Waals surface area (Å²) in [7, 11) is 1.59. The van der Waals surface area contributed by atoms with Crippen LogP contribution in [-0.4, -0.2) is 51.2 Å². The number of ether oxygens (including phenoxy) is 2. The molecule has 37 heavy (non-hydrogen) atoms. The van der Waals surface area contributed by atoms with Crippen LogP contribution in [0, 0.1) is 17.4 Å². The van der Waals surface area contributed by atoms with Crippen molar-refractivity contribution >= 4 is 28.9 Å². The highest BCUT2D eigenvalue weighted by molar-refractivity contribution is 5.96. The SMILES string of the molecule is CCCCCCCC(=O)Nc1nc(F)nc2c1ncn2CCC(COC(=O)C12CCC(CC1)CC2)OC. The second-order valence-corrected chi connectivity index (χ2v) is 10.7. The number of methoxy groups -OCH3 is 1. The maximum absolute atomic E-state index is 14.2. The van der Waals surface area contributed by atoms with Crippen molar-refractivity contribution in [3.63, 3.8) is 0 Å². The van der Waals surface area contributed by atoms with Crippen molar-refractivity contribution in [3.8, 4) is 0 Å². The molecule has 3 aliphatic carbocycles. The third-order valence-electron chi connectivity index (χ3n) is 8.15. The van der Waals surface area contributed by atoms with Gasteiger partial charge in [0.25, 0.3) is 0 Å². The highest BCUT2D eigenvalue weighted by Gasteiger charge is 2.47. The second-order valence-electron chi connectivity index (χ2n) is 10.7. The van der Waals surface area contributed by atoms with E-state index in [1.807, 2.05) is 0 Å². The van der Waals surface area contributed by atoms with Gasteiger partial charge in [0.05, 0.1) is 17.8 Å². The predicted octanol–water partition coefficient (Wildman–Crippen LogP) is 5.18. The van der Waals surface area contributed by atoms with Gasteiger partial charge >= 0.3 is 12.0 Å². The van der Waals surface area contributed by atoms with Crippen molar-refractivity contribution in [1.82, 2.24) is 19.5 Å². The zero-order valence-corrected chi connectivity index (χ0v) is 22.1. The molecule has 0 aromatic carbocycles. The second kappa shape index (κ2) is 12.8. The molecule has 3 saturated carbocycles. The Labute approximate surface area is 217 Å². The lowest BCUT2D eigenvalue weighted by Gasteiger charge is -2.44. The molecule has 5 rings (SSSR count). The predicted molar refractivity (Wildman–Crippen MR) is 137 cm³/mol. The van der Waals surface area contributed by atoms with Crippen LogP contribution in [0.4, 0.5) is 10.2 Å². The largest absolute Gasteiger partial charge is 0.463 e. The Morgan fingerprint density at radius 3 is 2.59 bits per heavy atom. The average molecular weight is 518 g/mol. The zero-order valence-electron chi connectivity index (χ0n) is 22.1. The lowest BCUT2D eigenvalue weighted by atomic mass is 9.61. The summed E-state index contributed by atoms with van der Waals surface area (Å²) in [4.78, 5) is 37.3. The Balaban J connectivity index is 1.31. The van der Waals surface area contributed by atoms with Crippen molar-refractivity contribution in [3.05, 3.63) is 12.4 Å². The normalized spacial score (nSPS) is 21.8. The van der Waals surface area contributed by atoms with Gasteiger partial charge in [0.2, 0.25) is 5.91 Å². The molecule has 0 spiro atoms. The minimum absolute atomic E-state index is 0.0819. The number of hydrogen-bond acceptors (Lipinski definition) is 7. The van der Waals surface area contributed by atoms with Crippen LogP contribution < -0.4 is 5.32 Å². The molecule has 2 aromatic rings. The Kier molecular flexibility index (Phi) is 9.45. The minimum atomic E-state index is -0.925. The first kappa shape index (κ1) is 27.4. The van der Waals surface area contributed by atoms with Crippen LogP contribution in [0.1, 0.15) is 90.4 Å². The molecule has 0 radical (unpaired) electrons. The van der Waals surface area contributed by atoms with Gasteiger partial charge in [-0.1, -0.05) is 32.6 Å². The van der Waals surface area contributed by atoms with Crippen molar-refractivity contribution in [1.29, 1.82) is 0 Å². The summed E-state index contributed by atoms with van der Waals surface area (Å²) in [5.41, 5.74) is 0.335. The van der Waals surface area contributed by atoms with E-state index < -0.39 is 6.08 Å². The van der Waals surface area contributed by atoms with E-state index in [4.69, 9.17) is 9.47 Å². The summed E-state index contributed by atoms with van der Waals surface area (Å²) in [6, 6.07) is 0. The number of rotatable bonds is 14. The summed E-state index contributed by atoms with van der Waals surface area (Å²) in [5.74, 6) is 0.557. The average Bonchev–Trinajstić information content (AvgIpc) is 3.32. The molecule has 2 bridgehead atoms. The summed E-state index contributed by atoms with van der Waals surface area (Å²) >= 11 is 0. The van der Waals surface area contributed by atoms with E-state index in [1.165, 1.54) is 0 Å². The smallest absolute Gasteiger partial charge is 0.312 e. The summed E-state index contributed by atoms with van der Waals surface area (Å²) < 4.78 is 27.2. The summed E-state index contributed by atoms with van der Waals surface area (Å²) in [6.45, 7) is 2.75. The molecule has 1 amide bonds. The van der Waals surface area contributed by atoms with E-state index >= 15 is 0 Å². The molecule has 9 nitrogen and oxygen atoms in total. The number of hydrogen-bond donors (Lipinski definition) is 1. The van der Waals surface area contributed by atoms with Crippen LogP contribution >= 0.6 is 0 Å². The zero-order chi connectivity index (χ0) is 26.3. The van der Waals surface area contributed by atoms with Crippen LogP contribution in [0.25, 0.3) is 11.2 Å². The van der Waals surface area contributed by atoms with Crippen molar-refractivity contribution in [2.24, 2.45) is 11.3 Å². The number of aryl methyl sites for hydroxylation is 1. The number of aromatic nitrogens is 4. The lowest BCUT2D eigenvalue weighted by molar-refractivity contribution is -0.166. The standard InChI is InChI=1S/C27H40FN5O4/c1-3-4-5-6-7-8-21(34)30-23-22-24(32-26(28)31-23)33(18-29-22)16-12-20(36-2)17-37-25(35)27-13-9-19(10-14-27)11-15-27/h18-20H,3-17H2,1-2H3,(H,30,31,32,34). The van der Waals surface area contributed by atoms with Gasteiger partial charge < -0.3 is 19.4 Å². The molecule has 10 heteroatoms. The Morgan fingerprint density at radius 2 is 1.89 bits per heavy atom. The van der Waals surface area contributed by atoms with Gasteiger partial charge in [-0.3, -0.25) is 9.59 Å². The molecule has 2 heterocycles. The molecule has 3 aliphatic rings. The summed E-state index contributed by atoms with van der Waals surface area (Å²) in [5, 5.41) is 2.69. The van der Waals surface area contributed by atoms with Crippen LogP contribution in [0.3, 0.4) is 0 Å². The van der Waals surface area contributed by atoms with Gasteiger partial charge in [0.1, 0.15) is 6.61 Å². The van der Waals surface area contributed by atoms with E-state index in [2.05, 4.69) is 27.2 Å². The first-order chi connectivity index (χ1) is 17.9. The van der Waals surface area contributed by atoms with E-state index in [0.717, 1.165) is 76.5 Å². The maximum atomic E-state index is 14.2. The lowest BCUT2D eigenvalue weighted by Crippen LogP contribution is -2.42. The van der Waals surface area contributed by atoms with Crippen molar-refractivity contribution in [2.75, 3.05) is 19.0 Å². The topological polar surface area (TPSA) is 108 Å². The van der Waals surface area contributed by atoms with Crippen molar-refractivity contribution < 1.29 is 23.5 Å². The molecule has 1 atom stereocenters. The fourth-order valence-electron chi connectivity index (χ4n) is 5.68. The number of unbranched alkanes of at least 4 members (excludes halogenated alkanes) is 4. The Morgan fingerprint density at radius 1 is 1.16 bits per heavy atom. The highest BCUT2D eigenvalue weighted by Crippen LogP contribution is 2.50. The molecule has 0 saturated heterocycles. The molecule has 2 aromatic heterocycles. The number of carbonyl (C=O) groups excluding carboxylic acids is 2. The van der Waals surface area contributed by atoms with Gasteiger partial charge in [0.15, 0.2) is 17.0 Å². The highest BCUT2D eigenvalue weighted by atomic mass is 19.1. The Hall–Kier alpha value is -2.62. The van der Waals surface area contributed by atoms with E-state index in [0.29, 0.717) is 30.6 Å². The summed E-state index contributed by atoms with van der Waals surface area (Å²) in [6.07, 6.45) is 12.5. The molecular formula is C27H40FN5O4. The van der Waals surface area contributed by atoms with Gasteiger partial charge in [-0.15, -0.1) is 0 Å². The third-order valence-corrected chi connectivity index (χ3v) is 8.15. The van der Waals surface area contributed by atoms with Gasteiger partial charge in [-0.25, -0.2) is 4.98 Å². The van der Waals surface area contributed by atoms with Crippen LogP contribution in [0.5, 0.6) is 0 Å². The first-order valence-corrected chi connectivity index (χ1v) is 13.8. The number of fused-ring (bicyclic) bond motifs is 4. The molecule has 1 N–H and O–H groups in total. The first-order valence-electron chi connectivity index (χ1n) is 13.8.